The van der Waals surface area contributed by atoms with Gasteiger partial charge in [0.05, 0.1) is 11.1 Å². The fraction of sp³-hybridized carbons (Fsp3) is 0.235. The van der Waals surface area contributed by atoms with Gasteiger partial charge in [0.25, 0.3) is 5.69 Å². The zero-order valence-corrected chi connectivity index (χ0v) is 12.6. The Morgan fingerprint density at radius 3 is 2.32 bits per heavy atom. The molecule has 0 unspecified atom stereocenters. The molecular weight excluding hydrogens is 280 g/mol. The Labute approximate surface area is 129 Å². The summed E-state index contributed by atoms with van der Waals surface area (Å²) in [6.07, 6.45) is 1.65. The molecule has 0 radical (unpaired) electrons. The van der Waals surface area contributed by atoms with Crippen LogP contribution in [0.15, 0.2) is 53.7 Å². The number of nitro benzene ring substituents is 1. The highest BCUT2D eigenvalue weighted by molar-refractivity contribution is 5.79. The van der Waals surface area contributed by atoms with E-state index in [4.69, 9.17) is 4.84 Å². The summed E-state index contributed by atoms with van der Waals surface area (Å²) in [6, 6.07) is 14.4. The highest BCUT2D eigenvalue weighted by atomic mass is 16.6. The number of nitro groups is 1. The summed E-state index contributed by atoms with van der Waals surface area (Å²) in [5.74, 6) is 0.504. The average molecular weight is 298 g/mol. The van der Waals surface area contributed by atoms with E-state index >= 15 is 0 Å². The average Bonchev–Trinajstić information content (AvgIpc) is 2.52. The van der Waals surface area contributed by atoms with Gasteiger partial charge >= 0.3 is 0 Å². The van der Waals surface area contributed by atoms with Gasteiger partial charge in [-0.3, -0.25) is 10.1 Å². The van der Waals surface area contributed by atoms with Crippen molar-refractivity contribution in [3.05, 3.63) is 75.3 Å². The summed E-state index contributed by atoms with van der Waals surface area (Å²) >= 11 is 0. The molecule has 0 saturated heterocycles. The molecular formula is C17H18N2O3. The van der Waals surface area contributed by atoms with Gasteiger partial charge < -0.3 is 4.84 Å². The summed E-state index contributed by atoms with van der Waals surface area (Å²) in [7, 11) is 0. The van der Waals surface area contributed by atoms with Gasteiger partial charge in [0.15, 0.2) is 0 Å². The highest BCUT2D eigenvalue weighted by Crippen LogP contribution is 2.14. The second-order valence-electron chi connectivity index (χ2n) is 5.25. The zero-order chi connectivity index (χ0) is 15.9. The molecule has 0 atom stereocenters. The highest BCUT2D eigenvalue weighted by Gasteiger charge is 2.03. The van der Waals surface area contributed by atoms with Crippen LogP contribution in [0.25, 0.3) is 0 Å². The molecule has 2 rings (SSSR count). The lowest BCUT2D eigenvalue weighted by atomic mass is 10.0. The van der Waals surface area contributed by atoms with Crippen molar-refractivity contribution >= 4 is 11.9 Å². The van der Waals surface area contributed by atoms with Gasteiger partial charge in [-0.1, -0.05) is 43.3 Å². The van der Waals surface area contributed by atoms with E-state index in [1.54, 1.807) is 18.3 Å². The molecule has 0 amide bonds. The molecule has 5 heteroatoms. The van der Waals surface area contributed by atoms with Crippen molar-refractivity contribution in [1.29, 1.82) is 0 Å². The standard InChI is InChI=1S/C17H18N2O3/c1-13(2)16-7-3-14(4-8-16)11-18-22-12-15-5-9-17(10-6-15)19(20)21/h3-11,13H,12H2,1-2H3/b18-11-. The first-order valence-corrected chi connectivity index (χ1v) is 7.05. The maximum atomic E-state index is 10.5. The molecule has 22 heavy (non-hydrogen) atoms. The van der Waals surface area contributed by atoms with Crippen molar-refractivity contribution in [2.75, 3.05) is 0 Å². The molecule has 0 fully saturated rings. The monoisotopic (exact) mass is 298 g/mol. The SMILES string of the molecule is CC(C)c1ccc(/C=N\OCc2ccc([N+](=O)[O-])cc2)cc1. The Balaban J connectivity index is 1.86. The second-order valence-corrected chi connectivity index (χ2v) is 5.25. The maximum absolute atomic E-state index is 10.5. The van der Waals surface area contributed by atoms with Crippen molar-refractivity contribution in [2.45, 2.75) is 26.4 Å². The summed E-state index contributed by atoms with van der Waals surface area (Å²) < 4.78 is 0. The zero-order valence-electron chi connectivity index (χ0n) is 12.6. The first-order valence-electron chi connectivity index (χ1n) is 7.05. The van der Waals surface area contributed by atoms with E-state index < -0.39 is 4.92 Å². The van der Waals surface area contributed by atoms with Gasteiger partial charge in [0.1, 0.15) is 6.61 Å². The summed E-state index contributed by atoms with van der Waals surface area (Å²) in [4.78, 5) is 15.3. The van der Waals surface area contributed by atoms with Crippen molar-refractivity contribution in [1.82, 2.24) is 0 Å². The quantitative estimate of drug-likeness (QED) is 0.454. The minimum atomic E-state index is -0.427. The minimum absolute atomic E-state index is 0.0671. The molecule has 0 spiro atoms. The third-order valence-electron chi connectivity index (χ3n) is 3.26. The van der Waals surface area contributed by atoms with Crippen LogP contribution in [0.5, 0.6) is 0 Å². The summed E-state index contributed by atoms with van der Waals surface area (Å²) in [6.45, 7) is 4.57. The van der Waals surface area contributed by atoms with E-state index in [1.165, 1.54) is 17.7 Å². The Kier molecular flexibility index (Phi) is 5.25. The van der Waals surface area contributed by atoms with Gasteiger partial charge in [0, 0.05) is 12.1 Å². The largest absolute Gasteiger partial charge is 0.391 e. The second kappa shape index (κ2) is 7.36. The van der Waals surface area contributed by atoms with Crippen LogP contribution in [0.2, 0.25) is 0 Å². The van der Waals surface area contributed by atoms with Crippen LogP contribution in [-0.4, -0.2) is 11.1 Å². The van der Waals surface area contributed by atoms with Crippen molar-refractivity contribution < 1.29 is 9.76 Å². The number of hydrogen-bond acceptors (Lipinski definition) is 4. The van der Waals surface area contributed by atoms with Crippen LogP contribution in [0.1, 0.15) is 36.5 Å². The molecule has 2 aromatic carbocycles. The smallest absolute Gasteiger partial charge is 0.269 e. The molecule has 0 bridgehead atoms. The molecule has 0 aromatic heterocycles. The van der Waals surface area contributed by atoms with Gasteiger partial charge in [0.2, 0.25) is 0 Å². The molecule has 5 nitrogen and oxygen atoms in total. The molecule has 0 aliphatic rings. The van der Waals surface area contributed by atoms with Gasteiger partial charge in [-0.2, -0.15) is 0 Å². The van der Waals surface area contributed by atoms with E-state index in [0.717, 1.165) is 11.1 Å². The van der Waals surface area contributed by atoms with Crippen LogP contribution < -0.4 is 0 Å². The molecule has 0 saturated carbocycles. The van der Waals surface area contributed by atoms with Crippen molar-refractivity contribution in [3.63, 3.8) is 0 Å². The predicted octanol–water partition coefficient (Wildman–Crippen LogP) is 4.27. The van der Waals surface area contributed by atoms with Gasteiger partial charge in [-0.05, 0) is 34.7 Å². The van der Waals surface area contributed by atoms with E-state index in [0.29, 0.717) is 5.92 Å². The lowest BCUT2D eigenvalue weighted by Crippen LogP contribution is -1.91. The fourth-order valence-corrected chi connectivity index (χ4v) is 1.89. The van der Waals surface area contributed by atoms with Crippen LogP contribution in [0.3, 0.4) is 0 Å². The number of oxime groups is 1. The molecule has 114 valence electrons. The number of rotatable bonds is 6. The predicted molar refractivity (Wildman–Crippen MR) is 86.0 cm³/mol. The normalized spacial score (nSPS) is 11.0. The van der Waals surface area contributed by atoms with E-state index in [-0.39, 0.29) is 12.3 Å². The first-order chi connectivity index (χ1) is 10.6. The van der Waals surface area contributed by atoms with Crippen LogP contribution in [0, 0.1) is 10.1 Å². The fourth-order valence-electron chi connectivity index (χ4n) is 1.89. The Morgan fingerprint density at radius 2 is 1.77 bits per heavy atom. The molecule has 0 heterocycles. The van der Waals surface area contributed by atoms with Crippen molar-refractivity contribution in [2.24, 2.45) is 5.16 Å². The Morgan fingerprint density at radius 1 is 1.14 bits per heavy atom. The van der Waals surface area contributed by atoms with Crippen LogP contribution >= 0.6 is 0 Å². The molecule has 0 aliphatic heterocycles. The number of hydrogen-bond donors (Lipinski definition) is 0. The molecule has 2 aromatic rings. The first kappa shape index (κ1) is 15.7. The van der Waals surface area contributed by atoms with Crippen LogP contribution in [-0.2, 0) is 11.4 Å². The third kappa shape index (κ3) is 4.41. The third-order valence-corrected chi connectivity index (χ3v) is 3.26. The number of nitrogens with zero attached hydrogens (tertiary/aromatic N) is 2. The van der Waals surface area contributed by atoms with Gasteiger partial charge in [-0.25, -0.2) is 0 Å². The Hall–Kier alpha value is -2.69. The van der Waals surface area contributed by atoms with Gasteiger partial charge in [-0.15, -0.1) is 0 Å². The topological polar surface area (TPSA) is 64.7 Å². The van der Waals surface area contributed by atoms with E-state index in [2.05, 4.69) is 31.1 Å². The number of non-ortho nitro benzene ring substituents is 1. The van der Waals surface area contributed by atoms with E-state index in [9.17, 15) is 10.1 Å². The minimum Gasteiger partial charge on any atom is -0.391 e. The van der Waals surface area contributed by atoms with Crippen molar-refractivity contribution in [3.8, 4) is 0 Å². The lowest BCUT2D eigenvalue weighted by Gasteiger charge is -2.04. The van der Waals surface area contributed by atoms with Crippen LogP contribution in [0.4, 0.5) is 5.69 Å². The molecule has 0 aliphatic carbocycles. The summed E-state index contributed by atoms with van der Waals surface area (Å²) in [5.41, 5.74) is 3.15. The van der Waals surface area contributed by atoms with E-state index in [1.807, 2.05) is 12.1 Å². The lowest BCUT2D eigenvalue weighted by molar-refractivity contribution is -0.384. The summed E-state index contributed by atoms with van der Waals surface area (Å²) in [5, 5.41) is 14.5. The molecule has 0 N–H and O–H groups in total. The Bertz CT molecular complexity index is 647. The number of benzene rings is 2. The maximum Gasteiger partial charge on any atom is 0.269 e.